The molecule has 0 saturated carbocycles. The number of hydrogen-bond donors (Lipinski definition) is 2. The van der Waals surface area contributed by atoms with E-state index in [0.717, 1.165) is 65.1 Å². The highest BCUT2D eigenvalue weighted by molar-refractivity contribution is 5.97. The predicted octanol–water partition coefficient (Wildman–Crippen LogP) is 3.72. The second-order valence-electron chi connectivity index (χ2n) is 8.94. The highest BCUT2D eigenvalue weighted by Gasteiger charge is 2.26. The number of piperidine rings is 1. The number of nitrogen functional groups attached to an aromatic ring is 1. The first kappa shape index (κ1) is 23.8. The molecule has 1 fully saturated rings. The Bertz CT molecular complexity index is 950. The van der Waals surface area contributed by atoms with Gasteiger partial charge in [-0.05, 0) is 62.8 Å². The highest BCUT2D eigenvalue weighted by Crippen LogP contribution is 2.32. The van der Waals surface area contributed by atoms with Crippen LogP contribution >= 0.6 is 0 Å². The van der Waals surface area contributed by atoms with E-state index in [9.17, 15) is 9.59 Å². The maximum Gasteiger partial charge on any atom is 0.241 e. The van der Waals surface area contributed by atoms with Crippen LogP contribution in [0, 0.1) is 27.7 Å². The summed E-state index contributed by atoms with van der Waals surface area (Å²) in [5.74, 6) is 0.229. The molecule has 0 aromatic heterocycles. The van der Waals surface area contributed by atoms with Crippen molar-refractivity contribution in [3.63, 3.8) is 0 Å². The molecule has 32 heavy (non-hydrogen) atoms. The summed E-state index contributed by atoms with van der Waals surface area (Å²) in [6, 6.07) is 9.63. The molecule has 1 saturated heterocycles. The van der Waals surface area contributed by atoms with Crippen molar-refractivity contribution in [3.05, 3.63) is 58.1 Å². The number of carbonyl (C=O) groups is 2. The molecule has 0 radical (unpaired) electrons. The van der Waals surface area contributed by atoms with Gasteiger partial charge in [-0.1, -0.05) is 30.3 Å². The molecule has 6 nitrogen and oxygen atoms in total. The molecule has 1 aliphatic rings. The van der Waals surface area contributed by atoms with E-state index in [1.54, 1.807) is 0 Å². The van der Waals surface area contributed by atoms with Crippen LogP contribution < -0.4 is 11.1 Å². The number of carbonyl (C=O) groups excluding carboxylic acids is 2. The molecule has 2 aromatic carbocycles. The van der Waals surface area contributed by atoms with E-state index in [2.05, 4.69) is 10.2 Å². The van der Waals surface area contributed by atoms with E-state index in [4.69, 9.17) is 5.73 Å². The summed E-state index contributed by atoms with van der Waals surface area (Å²) < 4.78 is 0. The molecule has 3 N–H and O–H groups in total. The third-order valence-electron chi connectivity index (χ3n) is 7.06. The standard InChI is InChI=1S/C26H36N4O2/c1-17-19(3)26(20(4)18(2)25(17)27)28-15-24(32)29(5)22-11-13-30(14-12-22)16-23(31)21-9-7-6-8-10-21/h6-10,22,28H,11-16,27H2,1-5H3. The lowest BCUT2D eigenvalue weighted by molar-refractivity contribution is -0.130. The van der Waals surface area contributed by atoms with Crippen LogP contribution in [0.3, 0.4) is 0 Å². The van der Waals surface area contributed by atoms with Gasteiger partial charge in [0.05, 0.1) is 13.1 Å². The Balaban J connectivity index is 1.52. The van der Waals surface area contributed by atoms with Gasteiger partial charge in [0.1, 0.15) is 0 Å². The fourth-order valence-electron chi connectivity index (χ4n) is 4.48. The van der Waals surface area contributed by atoms with Gasteiger partial charge in [0, 0.05) is 43.1 Å². The number of anilines is 2. The van der Waals surface area contributed by atoms with E-state index >= 15 is 0 Å². The van der Waals surface area contributed by atoms with Gasteiger partial charge in [0.2, 0.25) is 5.91 Å². The first-order chi connectivity index (χ1) is 15.2. The lowest BCUT2D eigenvalue weighted by atomic mass is 9.96. The van der Waals surface area contributed by atoms with Gasteiger partial charge in [0.25, 0.3) is 0 Å². The van der Waals surface area contributed by atoms with Crippen molar-refractivity contribution in [1.29, 1.82) is 0 Å². The molecule has 0 atom stereocenters. The third kappa shape index (κ3) is 5.13. The SMILES string of the molecule is Cc1c(C)c(NCC(=O)N(C)C2CCN(CC(=O)c3ccccc3)CC2)c(C)c(C)c1N. The maximum absolute atomic E-state index is 12.9. The fraction of sp³-hybridized carbons (Fsp3) is 0.462. The van der Waals surface area contributed by atoms with Crippen molar-refractivity contribution in [2.45, 2.75) is 46.6 Å². The number of likely N-dealkylation sites (N-methyl/N-ethyl adjacent to an activating group) is 1. The summed E-state index contributed by atoms with van der Waals surface area (Å²) in [5.41, 5.74) is 13.1. The number of benzene rings is 2. The topological polar surface area (TPSA) is 78.7 Å². The zero-order valence-corrected chi connectivity index (χ0v) is 20.0. The number of nitrogens with one attached hydrogen (secondary N) is 1. The van der Waals surface area contributed by atoms with Crippen molar-refractivity contribution < 1.29 is 9.59 Å². The van der Waals surface area contributed by atoms with E-state index in [1.807, 2.05) is 70.0 Å². The molecule has 0 bridgehead atoms. The average molecular weight is 437 g/mol. The first-order valence-corrected chi connectivity index (χ1v) is 11.4. The van der Waals surface area contributed by atoms with Gasteiger partial charge in [-0.15, -0.1) is 0 Å². The second kappa shape index (κ2) is 10.2. The van der Waals surface area contributed by atoms with Crippen molar-refractivity contribution >= 4 is 23.1 Å². The van der Waals surface area contributed by atoms with Gasteiger partial charge in [-0.2, -0.15) is 0 Å². The van der Waals surface area contributed by atoms with Crippen molar-refractivity contribution in [3.8, 4) is 0 Å². The van der Waals surface area contributed by atoms with Gasteiger partial charge < -0.3 is 16.0 Å². The molecule has 1 amide bonds. The van der Waals surface area contributed by atoms with E-state index in [1.165, 1.54) is 0 Å². The number of nitrogens with two attached hydrogens (primary N) is 1. The maximum atomic E-state index is 12.9. The number of ketones is 1. The summed E-state index contributed by atoms with van der Waals surface area (Å²) in [6.45, 7) is 10.5. The quantitative estimate of drug-likeness (QED) is 0.511. The largest absolute Gasteiger partial charge is 0.398 e. The van der Waals surface area contributed by atoms with Crippen LogP contribution in [0.1, 0.15) is 45.5 Å². The molecule has 1 heterocycles. The normalized spacial score (nSPS) is 14.9. The fourth-order valence-corrected chi connectivity index (χ4v) is 4.48. The van der Waals surface area contributed by atoms with Crippen LogP contribution in [0.4, 0.5) is 11.4 Å². The van der Waals surface area contributed by atoms with E-state index in [0.29, 0.717) is 6.54 Å². The summed E-state index contributed by atoms with van der Waals surface area (Å²) in [4.78, 5) is 29.4. The molecule has 0 unspecified atom stereocenters. The average Bonchev–Trinajstić information content (AvgIpc) is 2.81. The Hall–Kier alpha value is -2.86. The van der Waals surface area contributed by atoms with Crippen LogP contribution in [-0.4, -0.2) is 60.8 Å². The Morgan fingerprint density at radius 1 is 1.00 bits per heavy atom. The predicted molar refractivity (Wildman–Crippen MR) is 131 cm³/mol. The zero-order valence-electron chi connectivity index (χ0n) is 20.0. The summed E-state index contributed by atoms with van der Waals surface area (Å²) in [7, 11) is 1.89. The Morgan fingerprint density at radius 3 is 2.12 bits per heavy atom. The molecule has 3 rings (SSSR count). The number of hydrogen-bond acceptors (Lipinski definition) is 5. The minimum Gasteiger partial charge on any atom is -0.398 e. The molecule has 172 valence electrons. The van der Waals surface area contributed by atoms with Gasteiger partial charge in [-0.3, -0.25) is 14.5 Å². The second-order valence-corrected chi connectivity index (χ2v) is 8.94. The first-order valence-electron chi connectivity index (χ1n) is 11.4. The van der Waals surface area contributed by atoms with Crippen molar-refractivity contribution in [2.24, 2.45) is 0 Å². The molecular formula is C26H36N4O2. The molecular weight excluding hydrogens is 400 g/mol. The van der Waals surface area contributed by atoms with E-state index < -0.39 is 0 Å². The van der Waals surface area contributed by atoms with Gasteiger partial charge in [-0.25, -0.2) is 0 Å². The van der Waals surface area contributed by atoms with Crippen LogP contribution in [0.15, 0.2) is 30.3 Å². The van der Waals surface area contributed by atoms with E-state index in [-0.39, 0.29) is 24.3 Å². The number of amides is 1. The Labute approximate surface area is 191 Å². The third-order valence-corrected chi connectivity index (χ3v) is 7.06. The molecule has 0 spiro atoms. The minimum absolute atomic E-state index is 0.0785. The number of Topliss-reactive ketones (excluding diaryl/α,β-unsaturated/α-hetero) is 1. The monoisotopic (exact) mass is 436 g/mol. The van der Waals surface area contributed by atoms with Crippen LogP contribution in [0.2, 0.25) is 0 Å². The summed E-state index contributed by atoms with van der Waals surface area (Å²) >= 11 is 0. The van der Waals surface area contributed by atoms with Crippen LogP contribution in [0.25, 0.3) is 0 Å². The number of rotatable bonds is 7. The zero-order chi connectivity index (χ0) is 23.4. The summed E-state index contributed by atoms with van der Waals surface area (Å²) in [6.07, 6.45) is 1.75. The molecule has 1 aliphatic heterocycles. The van der Waals surface area contributed by atoms with Gasteiger partial charge in [0.15, 0.2) is 5.78 Å². The van der Waals surface area contributed by atoms with Crippen LogP contribution in [0.5, 0.6) is 0 Å². The molecule has 6 heteroatoms. The minimum atomic E-state index is 0.0785. The molecule has 2 aromatic rings. The highest BCUT2D eigenvalue weighted by atomic mass is 16.2. The summed E-state index contributed by atoms with van der Waals surface area (Å²) in [5, 5.41) is 3.36. The Morgan fingerprint density at radius 2 is 1.56 bits per heavy atom. The molecule has 0 aliphatic carbocycles. The lowest BCUT2D eigenvalue weighted by Gasteiger charge is -2.36. The Kier molecular flexibility index (Phi) is 7.56. The number of nitrogens with zero attached hydrogens (tertiary/aromatic N) is 2. The smallest absolute Gasteiger partial charge is 0.241 e. The van der Waals surface area contributed by atoms with Crippen molar-refractivity contribution in [2.75, 3.05) is 44.3 Å². The van der Waals surface area contributed by atoms with Gasteiger partial charge >= 0.3 is 0 Å². The van der Waals surface area contributed by atoms with Crippen LogP contribution in [-0.2, 0) is 4.79 Å². The lowest BCUT2D eigenvalue weighted by Crippen LogP contribution is -2.48. The van der Waals surface area contributed by atoms with Crippen molar-refractivity contribution in [1.82, 2.24) is 9.80 Å². The number of likely N-dealkylation sites (tertiary alicyclic amines) is 1.